The van der Waals surface area contributed by atoms with Gasteiger partial charge in [-0.2, -0.15) is 0 Å². The van der Waals surface area contributed by atoms with Gasteiger partial charge in [-0.15, -0.1) is 0 Å². The lowest BCUT2D eigenvalue weighted by Crippen LogP contribution is -2.10. The Hall–Kier alpha value is -1.25. The number of rotatable bonds is 4. The molecule has 0 atom stereocenters. The van der Waals surface area contributed by atoms with Crippen LogP contribution in [0.5, 0.6) is 0 Å². The van der Waals surface area contributed by atoms with Gasteiger partial charge in [0.1, 0.15) is 11.5 Å². The lowest BCUT2D eigenvalue weighted by atomic mass is 10.1. The fraction of sp³-hybridized carbons (Fsp3) is 0.286. The van der Waals surface area contributed by atoms with E-state index >= 15 is 0 Å². The second kappa shape index (κ2) is 5.39. The summed E-state index contributed by atoms with van der Waals surface area (Å²) >= 11 is 6.10. The third kappa shape index (κ3) is 2.90. The summed E-state index contributed by atoms with van der Waals surface area (Å²) in [4.78, 5) is 0. The molecule has 0 aliphatic carbocycles. The van der Waals surface area contributed by atoms with Crippen LogP contribution in [0, 0.1) is 6.92 Å². The Morgan fingerprint density at radius 2 is 2.06 bits per heavy atom. The number of halogens is 1. The zero-order chi connectivity index (χ0) is 12.3. The van der Waals surface area contributed by atoms with Gasteiger partial charge in [-0.05, 0) is 37.2 Å². The van der Waals surface area contributed by atoms with E-state index in [9.17, 15) is 0 Å². The van der Waals surface area contributed by atoms with Crippen molar-refractivity contribution >= 4 is 11.6 Å². The van der Waals surface area contributed by atoms with Crippen LogP contribution in [-0.2, 0) is 6.54 Å². The first-order valence-corrected chi connectivity index (χ1v) is 6.14. The van der Waals surface area contributed by atoms with Gasteiger partial charge in [-0.25, -0.2) is 0 Å². The topological polar surface area (TPSA) is 25.2 Å². The first-order chi connectivity index (χ1) is 8.20. The average Bonchev–Trinajstić information content (AvgIpc) is 2.79. The molecule has 1 aromatic heterocycles. The van der Waals surface area contributed by atoms with Crippen LogP contribution in [0.2, 0.25) is 5.02 Å². The molecule has 2 nitrogen and oxygen atoms in total. The van der Waals surface area contributed by atoms with Gasteiger partial charge >= 0.3 is 0 Å². The first kappa shape index (κ1) is 12.2. The second-order valence-corrected chi connectivity index (χ2v) is 4.42. The van der Waals surface area contributed by atoms with Crippen molar-refractivity contribution in [2.75, 3.05) is 6.54 Å². The van der Waals surface area contributed by atoms with Crippen LogP contribution in [0.4, 0.5) is 0 Å². The predicted octanol–water partition coefficient (Wildman–Crippen LogP) is 4.02. The highest BCUT2D eigenvalue weighted by Crippen LogP contribution is 2.26. The van der Waals surface area contributed by atoms with Crippen LogP contribution >= 0.6 is 11.6 Å². The minimum absolute atomic E-state index is 0.760. The molecule has 0 spiro atoms. The molecule has 2 aromatic rings. The highest BCUT2D eigenvalue weighted by Gasteiger charge is 2.06. The number of aryl methyl sites for hydroxylation is 1. The van der Waals surface area contributed by atoms with E-state index in [0.717, 1.165) is 40.8 Å². The molecule has 0 bridgehead atoms. The van der Waals surface area contributed by atoms with Gasteiger partial charge < -0.3 is 9.73 Å². The fourth-order valence-corrected chi connectivity index (χ4v) is 1.80. The minimum atomic E-state index is 0.760. The molecule has 3 heteroatoms. The summed E-state index contributed by atoms with van der Waals surface area (Å²) in [5.74, 6) is 1.80. The molecule has 2 rings (SSSR count). The Morgan fingerprint density at radius 3 is 2.76 bits per heavy atom. The van der Waals surface area contributed by atoms with E-state index < -0.39 is 0 Å². The van der Waals surface area contributed by atoms with Crippen molar-refractivity contribution in [1.29, 1.82) is 0 Å². The summed E-state index contributed by atoms with van der Waals surface area (Å²) in [7, 11) is 0. The Morgan fingerprint density at radius 1 is 1.24 bits per heavy atom. The molecule has 1 aromatic carbocycles. The Kier molecular flexibility index (Phi) is 3.87. The van der Waals surface area contributed by atoms with Crippen LogP contribution in [-0.4, -0.2) is 6.54 Å². The molecule has 0 aliphatic rings. The van der Waals surface area contributed by atoms with E-state index in [0.29, 0.717) is 0 Å². The number of hydrogen-bond acceptors (Lipinski definition) is 2. The number of benzene rings is 1. The maximum Gasteiger partial charge on any atom is 0.134 e. The Balaban J connectivity index is 2.21. The maximum atomic E-state index is 6.10. The molecule has 0 aliphatic heterocycles. The second-order valence-electron chi connectivity index (χ2n) is 4.01. The molecule has 1 heterocycles. The zero-order valence-electron chi connectivity index (χ0n) is 10.1. The van der Waals surface area contributed by atoms with Crippen LogP contribution in [0.15, 0.2) is 34.7 Å². The molecule has 90 valence electrons. The fourth-order valence-electron chi connectivity index (χ4n) is 1.62. The summed E-state index contributed by atoms with van der Waals surface area (Å²) in [5, 5.41) is 4.00. The molecule has 0 unspecified atom stereocenters. The molecule has 0 radical (unpaired) electrons. The van der Waals surface area contributed by atoms with Gasteiger partial charge in [0, 0.05) is 10.6 Å². The van der Waals surface area contributed by atoms with Crippen molar-refractivity contribution < 1.29 is 4.42 Å². The average molecular weight is 250 g/mol. The predicted molar refractivity (Wildman–Crippen MR) is 71.3 cm³/mol. The SMILES string of the molecule is CCNCc1ccc(-c2ccc(C)c(Cl)c2)o1. The van der Waals surface area contributed by atoms with Crippen LogP contribution in [0.1, 0.15) is 18.2 Å². The van der Waals surface area contributed by atoms with Crippen LogP contribution in [0.3, 0.4) is 0 Å². The van der Waals surface area contributed by atoms with Crippen molar-refractivity contribution in [1.82, 2.24) is 5.32 Å². The third-order valence-corrected chi connectivity index (χ3v) is 3.07. The maximum absolute atomic E-state index is 6.10. The van der Waals surface area contributed by atoms with E-state index in [2.05, 4.69) is 12.2 Å². The molecule has 0 amide bonds. The van der Waals surface area contributed by atoms with Crippen LogP contribution in [0.25, 0.3) is 11.3 Å². The van der Waals surface area contributed by atoms with E-state index in [1.54, 1.807) is 0 Å². The molecular weight excluding hydrogens is 234 g/mol. The van der Waals surface area contributed by atoms with Crippen molar-refractivity contribution in [3.8, 4) is 11.3 Å². The smallest absolute Gasteiger partial charge is 0.134 e. The number of furan rings is 1. The summed E-state index contributed by atoms with van der Waals surface area (Å²) < 4.78 is 5.75. The molecule has 0 fully saturated rings. The van der Waals surface area contributed by atoms with E-state index in [4.69, 9.17) is 16.0 Å². The van der Waals surface area contributed by atoms with Gasteiger partial charge in [0.15, 0.2) is 0 Å². The third-order valence-electron chi connectivity index (χ3n) is 2.67. The normalized spacial score (nSPS) is 10.8. The van der Waals surface area contributed by atoms with E-state index in [1.165, 1.54) is 0 Å². The van der Waals surface area contributed by atoms with Gasteiger partial charge in [0.25, 0.3) is 0 Å². The highest BCUT2D eigenvalue weighted by atomic mass is 35.5. The lowest BCUT2D eigenvalue weighted by Gasteiger charge is -2.01. The quantitative estimate of drug-likeness (QED) is 0.886. The molecule has 1 N–H and O–H groups in total. The summed E-state index contributed by atoms with van der Waals surface area (Å²) in [6.07, 6.45) is 0. The standard InChI is InChI=1S/C14H16ClNO/c1-3-16-9-12-6-7-14(17-12)11-5-4-10(2)13(15)8-11/h4-8,16H,3,9H2,1-2H3. The van der Waals surface area contributed by atoms with Crippen molar-refractivity contribution in [2.45, 2.75) is 20.4 Å². The van der Waals surface area contributed by atoms with Crippen LogP contribution < -0.4 is 5.32 Å². The number of hydrogen-bond donors (Lipinski definition) is 1. The minimum Gasteiger partial charge on any atom is -0.460 e. The Bertz CT molecular complexity index is 505. The van der Waals surface area contributed by atoms with Gasteiger partial charge in [-0.1, -0.05) is 30.7 Å². The summed E-state index contributed by atoms with van der Waals surface area (Å²) in [6, 6.07) is 9.94. The van der Waals surface area contributed by atoms with Crippen molar-refractivity contribution in [3.05, 3.63) is 46.7 Å². The number of nitrogens with one attached hydrogen (secondary N) is 1. The highest BCUT2D eigenvalue weighted by molar-refractivity contribution is 6.31. The molecular formula is C14H16ClNO. The van der Waals surface area contributed by atoms with E-state index in [-0.39, 0.29) is 0 Å². The Labute approximate surface area is 107 Å². The van der Waals surface area contributed by atoms with Gasteiger partial charge in [0.05, 0.1) is 6.54 Å². The van der Waals surface area contributed by atoms with Gasteiger partial charge in [0.2, 0.25) is 0 Å². The zero-order valence-corrected chi connectivity index (χ0v) is 10.8. The van der Waals surface area contributed by atoms with Gasteiger partial charge in [-0.3, -0.25) is 0 Å². The molecule has 0 saturated heterocycles. The monoisotopic (exact) mass is 249 g/mol. The summed E-state index contributed by atoms with van der Waals surface area (Å²) in [5.41, 5.74) is 2.10. The van der Waals surface area contributed by atoms with Crippen molar-refractivity contribution in [3.63, 3.8) is 0 Å². The first-order valence-electron chi connectivity index (χ1n) is 5.76. The molecule has 17 heavy (non-hydrogen) atoms. The van der Waals surface area contributed by atoms with Crippen molar-refractivity contribution in [2.24, 2.45) is 0 Å². The molecule has 0 saturated carbocycles. The van der Waals surface area contributed by atoms with E-state index in [1.807, 2.05) is 37.3 Å². The summed E-state index contributed by atoms with van der Waals surface area (Å²) in [6.45, 7) is 5.76. The largest absolute Gasteiger partial charge is 0.460 e. The lowest BCUT2D eigenvalue weighted by molar-refractivity contribution is 0.498.